The van der Waals surface area contributed by atoms with Crippen LogP contribution in [0.15, 0.2) is 12.7 Å². The van der Waals surface area contributed by atoms with E-state index in [1.807, 2.05) is 4.90 Å². The Morgan fingerprint density at radius 2 is 2.00 bits per heavy atom. The molecular formula is C17H30N4O2. The zero-order valence-corrected chi connectivity index (χ0v) is 14.5. The van der Waals surface area contributed by atoms with Gasteiger partial charge < -0.3 is 10.2 Å². The Morgan fingerprint density at radius 1 is 1.22 bits per heavy atom. The van der Waals surface area contributed by atoms with Gasteiger partial charge in [0.05, 0.1) is 6.54 Å². The summed E-state index contributed by atoms with van der Waals surface area (Å²) in [5.41, 5.74) is 0. The first kappa shape index (κ1) is 17.9. The number of hydrogen-bond acceptors (Lipinski definition) is 4. The van der Waals surface area contributed by atoms with Gasteiger partial charge in [-0.2, -0.15) is 0 Å². The minimum absolute atomic E-state index is 0.0661. The Hall–Kier alpha value is -1.40. The van der Waals surface area contributed by atoms with Gasteiger partial charge in [-0.15, -0.1) is 6.58 Å². The molecule has 0 radical (unpaired) electrons. The maximum Gasteiger partial charge on any atom is 0.234 e. The van der Waals surface area contributed by atoms with Crippen LogP contribution in [-0.4, -0.2) is 84.9 Å². The molecule has 0 bridgehead atoms. The van der Waals surface area contributed by atoms with Crippen molar-refractivity contribution >= 4 is 11.8 Å². The van der Waals surface area contributed by atoms with Crippen LogP contribution < -0.4 is 5.32 Å². The lowest BCUT2D eigenvalue weighted by atomic mass is 10.0. The van der Waals surface area contributed by atoms with Crippen LogP contribution in [0.1, 0.15) is 20.3 Å². The molecule has 2 fully saturated rings. The quantitative estimate of drug-likeness (QED) is 0.733. The first-order valence-corrected chi connectivity index (χ1v) is 8.60. The molecule has 0 aromatic heterocycles. The second kappa shape index (κ2) is 8.45. The fraction of sp³-hybridized carbons (Fsp3) is 0.765. The van der Waals surface area contributed by atoms with Crippen LogP contribution in [-0.2, 0) is 9.59 Å². The topological polar surface area (TPSA) is 55.9 Å². The lowest BCUT2D eigenvalue weighted by molar-refractivity contribution is -0.128. The van der Waals surface area contributed by atoms with E-state index in [9.17, 15) is 9.59 Å². The molecule has 0 aromatic rings. The Bertz CT molecular complexity index is 440. The van der Waals surface area contributed by atoms with Crippen LogP contribution in [0.2, 0.25) is 0 Å². The third-order valence-electron chi connectivity index (χ3n) is 4.90. The monoisotopic (exact) mass is 322 g/mol. The molecule has 6 heteroatoms. The molecule has 0 unspecified atom stereocenters. The van der Waals surface area contributed by atoms with Crippen molar-refractivity contribution in [3.8, 4) is 0 Å². The predicted octanol–water partition coefficient (Wildman–Crippen LogP) is 0.163. The standard InChI is InChI=1S/C17H30N4O2/c1-4-6-18-17(23)13-19-11-14(2)16(12-19)21-8-5-7-20(9-10-21)15(3)22/h4,14,16H,1,5-13H2,2-3H3,(H,18,23)/t14-,16+/m0/s1. The minimum atomic E-state index is 0.0661. The van der Waals surface area contributed by atoms with E-state index in [0.29, 0.717) is 25.0 Å². The van der Waals surface area contributed by atoms with Gasteiger partial charge in [0.15, 0.2) is 0 Å². The summed E-state index contributed by atoms with van der Waals surface area (Å²) >= 11 is 0. The summed E-state index contributed by atoms with van der Waals surface area (Å²) < 4.78 is 0. The second-order valence-electron chi connectivity index (χ2n) is 6.73. The summed E-state index contributed by atoms with van der Waals surface area (Å²) in [5, 5.41) is 2.84. The summed E-state index contributed by atoms with van der Waals surface area (Å²) in [6.45, 7) is 14.1. The minimum Gasteiger partial charge on any atom is -0.352 e. The Morgan fingerprint density at radius 3 is 2.70 bits per heavy atom. The van der Waals surface area contributed by atoms with Crippen LogP contribution in [0.3, 0.4) is 0 Å². The van der Waals surface area contributed by atoms with Crippen LogP contribution in [0, 0.1) is 5.92 Å². The van der Waals surface area contributed by atoms with Crippen LogP contribution >= 0.6 is 0 Å². The molecule has 2 saturated heterocycles. The highest BCUT2D eigenvalue weighted by molar-refractivity contribution is 5.78. The number of rotatable bonds is 5. The third kappa shape index (κ3) is 5.04. The van der Waals surface area contributed by atoms with E-state index in [1.54, 1.807) is 13.0 Å². The first-order chi connectivity index (χ1) is 11.0. The fourth-order valence-corrected chi connectivity index (χ4v) is 3.68. The molecule has 0 saturated carbocycles. The van der Waals surface area contributed by atoms with Gasteiger partial charge >= 0.3 is 0 Å². The number of likely N-dealkylation sites (tertiary alicyclic amines) is 1. The second-order valence-corrected chi connectivity index (χ2v) is 6.73. The average molecular weight is 322 g/mol. The van der Waals surface area contributed by atoms with Crippen LogP contribution in [0.4, 0.5) is 0 Å². The van der Waals surface area contributed by atoms with E-state index >= 15 is 0 Å². The van der Waals surface area contributed by atoms with Crippen molar-refractivity contribution in [2.24, 2.45) is 5.92 Å². The van der Waals surface area contributed by atoms with E-state index < -0.39 is 0 Å². The Kier molecular flexibility index (Phi) is 6.59. The van der Waals surface area contributed by atoms with E-state index in [4.69, 9.17) is 0 Å². The van der Waals surface area contributed by atoms with E-state index in [2.05, 4.69) is 28.6 Å². The molecule has 2 atom stereocenters. The van der Waals surface area contributed by atoms with Crippen molar-refractivity contribution in [1.82, 2.24) is 20.0 Å². The van der Waals surface area contributed by atoms with Gasteiger partial charge in [-0.3, -0.25) is 19.4 Å². The SMILES string of the molecule is C=CCNC(=O)CN1C[C@@H](N2CCCN(C(C)=O)CC2)[C@@H](C)C1. The Balaban J connectivity index is 1.85. The number of amides is 2. The van der Waals surface area contributed by atoms with Gasteiger partial charge in [-0.1, -0.05) is 13.0 Å². The number of carbonyl (C=O) groups is 2. The Labute approximate surface area is 139 Å². The van der Waals surface area contributed by atoms with Gasteiger partial charge in [0.1, 0.15) is 0 Å². The lowest BCUT2D eigenvalue weighted by Gasteiger charge is -2.30. The molecule has 2 aliphatic heterocycles. The zero-order chi connectivity index (χ0) is 16.8. The number of nitrogens with zero attached hydrogens (tertiary/aromatic N) is 3. The van der Waals surface area contributed by atoms with E-state index in [1.165, 1.54) is 0 Å². The number of hydrogen-bond donors (Lipinski definition) is 1. The average Bonchev–Trinajstić information content (AvgIpc) is 2.73. The predicted molar refractivity (Wildman–Crippen MR) is 91.0 cm³/mol. The summed E-state index contributed by atoms with van der Waals surface area (Å²) in [6, 6.07) is 0.481. The first-order valence-electron chi connectivity index (χ1n) is 8.60. The highest BCUT2D eigenvalue weighted by atomic mass is 16.2. The van der Waals surface area contributed by atoms with Crippen molar-refractivity contribution in [3.05, 3.63) is 12.7 Å². The fourth-order valence-electron chi connectivity index (χ4n) is 3.68. The maximum atomic E-state index is 11.9. The summed E-state index contributed by atoms with van der Waals surface area (Å²) in [7, 11) is 0. The molecule has 0 aliphatic carbocycles. The smallest absolute Gasteiger partial charge is 0.234 e. The van der Waals surface area contributed by atoms with Gasteiger partial charge in [0.25, 0.3) is 0 Å². The molecule has 23 heavy (non-hydrogen) atoms. The molecule has 2 heterocycles. The van der Waals surface area contributed by atoms with E-state index in [-0.39, 0.29) is 11.8 Å². The molecule has 2 rings (SSSR count). The molecule has 130 valence electrons. The molecule has 0 aromatic carbocycles. The summed E-state index contributed by atoms with van der Waals surface area (Å²) in [5.74, 6) is 0.786. The van der Waals surface area contributed by atoms with Gasteiger partial charge in [-0.05, 0) is 12.3 Å². The van der Waals surface area contributed by atoms with Crippen molar-refractivity contribution in [2.45, 2.75) is 26.3 Å². The van der Waals surface area contributed by atoms with Crippen molar-refractivity contribution in [2.75, 3.05) is 52.4 Å². The van der Waals surface area contributed by atoms with Gasteiger partial charge in [-0.25, -0.2) is 0 Å². The normalized spacial score (nSPS) is 26.8. The number of carbonyl (C=O) groups excluding carboxylic acids is 2. The molecule has 0 spiro atoms. The summed E-state index contributed by atoms with van der Waals surface area (Å²) in [4.78, 5) is 30.1. The molecular weight excluding hydrogens is 292 g/mol. The molecule has 6 nitrogen and oxygen atoms in total. The highest BCUT2D eigenvalue weighted by Gasteiger charge is 2.35. The summed E-state index contributed by atoms with van der Waals surface area (Å²) in [6.07, 6.45) is 2.73. The van der Waals surface area contributed by atoms with Crippen molar-refractivity contribution in [3.63, 3.8) is 0 Å². The lowest BCUT2D eigenvalue weighted by Crippen LogP contribution is -2.43. The molecule has 1 N–H and O–H groups in total. The molecule has 2 amide bonds. The van der Waals surface area contributed by atoms with Gasteiger partial charge in [0, 0.05) is 58.8 Å². The van der Waals surface area contributed by atoms with Crippen molar-refractivity contribution < 1.29 is 9.59 Å². The third-order valence-corrected chi connectivity index (χ3v) is 4.90. The highest BCUT2D eigenvalue weighted by Crippen LogP contribution is 2.22. The molecule has 2 aliphatic rings. The van der Waals surface area contributed by atoms with E-state index in [0.717, 1.165) is 45.7 Å². The number of nitrogens with one attached hydrogen (secondary N) is 1. The zero-order valence-electron chi connectivity index (χ0n) is 14.5. The largest absolute Gasteiger partial charge is 0.352 e. The van der Waals surface area contributed by atoms with Crippen molar-refractivity contribution in [1.29, 1.82) is 0 Å². The maximum absolute atomic E-state index is 11.9. The van der Waals surface area contributed by atoms with Gasteiger partial charge in [0.2, 0.25) is 11.8 Å². The van der Waals surface area contributed by atoms with Crippen LogP contribution in [0.5, 0.6) is 0 Å². The van der Waals surface area contributed by atoms with Crippen LogP contribution in [0.25, 0.3) is 0 Å².